The number of halogens is 1. The van der Waals surface area contributed by atoms with Crippen LogP contribution in [0.25, 0.3) is 0 Å². The second-order valence-electron chi connectivity index (χ2n) is 2.86. The van der Waals surface area contributed by atoms with Crippen molar-refractivity contribution in [3.05, 3.63) is 24.3 Å². The highest BCUT2D eigenvalue weighted by Crippen LogP contribution is 2.18. The maximum absolute atomic E-state index is 10.8. The molecule has 80 valence electrons. The minimum absolute atomic E-state index is 0.228. The third-order valence-corrected chi connectivity index (χ3v) is 2.08. The van der Waals surface area contributed by atoms with Crippen molar-refractivity contribution in [2.45, 2.75) is 12.4 Å². The van der Waals surface area contributed by atoms with E-state index in [9.17, 15) is 4.79 Å². The summed E-state index contributed by atoms with van der Waals surface area (Å²) in [7, 11) is 1.58. The Kier molecular flexibility index (Phi) is 4.24. The molecule has 0 spiro atoms. The first-order valence-corrected chi connectivity index (χ1v) is 4.76. The van der Waals surface area contributed by atoms with Crippen LogP contribution < -0.4 is 4.74 Å². The molecule has 0 aliphatic carbocycles. The number of carbonyl (C=O) groups is 1. The standard InChI is InChI=1S/C10H11ClN2O2/c1-7(14)10(11)13-12-8-3-5-9(15-2)6-4-8/h3-6,10H,1-2H3. The van der Waals surface area contributed by atoms with Crippen molar-refractivity contribution in [3.8, 4) is 5.75 Å². The van der Waals surface area contributed by atoms with Gasteiger partial charge in [0.15, 0.2) is 5.78 Å². The Hall–Kier alpha value is -1.42. The van der Waals surface area contributed by atoms with Gasteiger partial charge >= 0.3 is 0 Å². The second kappa shape index (κ2) is 5.46. The summed E-state index contributed by atoms with van der Waals surface area (Å²) in [6, 6.07) is 6.97. The molecule has 0 heterocycles. The Morgan fingerprint density at radius 2 is 2.00 bits per heavy atom. The fourth-order valence-electron chi connectivity index (χ4n) is 0.848. The maximum Gasteiger partial charge on any atom is 0.202 e. The van der Waals surface area contributed by atoms with Crippen LogP contribution >= 0.6 is 11.6 Å². The average Bonchev–Trinajstić information content (AvgIpc) is 2.26. The quantitative estimate of drug-likeness (QED) is 0.450. The first kappa shape index (κ1) is 11.7. The molecule has 1 aromatic carbocycles. The molecule has 0 aliphatic heterocycles. The first-order valence-electron chi connectivity index (χ1n) is 4.33. The van der Waals surface area contributed by atoms with E-state index in [2.05, 4.69) is 10.2 Å². The predicted octanol–water partition coefficient (Wildman–Crippen LogP) is 2.93. The Morgan fingerprint density at radius 3 is 2.47 bits per heavy atom. The van der Waals surface area contributed by atoms with Crippen molar-refractivity contribution < 1.29 is 9.53 Å². The molecule has 0 radical (unpaired) electrons. The van der Waals surface area contributed by atoms with Crippen LogP contribution in [0.5, 0.6) is 5.75 Å². The molecule has 0 amide bonds. The third kappa shape index (κ3) is 3.67. The highest BCUT2D eigenvalue weighted by atomic mass is 35.5. The fourth-order valence-corrected chi connectivity index (χ4v) is 0.891. The second-order valence-corrected chi connectivity index (χ2v) is 3.27. The van der Waals surface area contributed by atoms with Gasteiger partial charge in [-0.2, -0.15) is 10.2 Å². The molecule has 15 heavy (non-hydrogen) atoms. The molecule has 5 heteroatoms. The molecule has 0 saturated carbocycles. The lowest BCUT2D eigenvalue weighted by atomic mass is 10.3. The summed E-state index contributed by atoms with van der Waals surface area (Å²) in [6.07, 6.45) is 0. The minimum Gasteiger partial charge on any atom is -0.497 e. The molecule has 0 saturated heterocycles. The van der Waals surface area contributed by atoms with E-state index in [0.717, 1.165) is 5.75 Å². The SMILES string of the molecule is COc1ccc(N=NC(Cl)C(C)=O)cc1. The zero-order valence-corrected chi connectivity index (χ0v) is 9.23. The Labute approximate surface area is 92.9 Å². The van der Waals surface area contributed by atoms with Gasteiger partial charge in [-0.05, 0) is 31.2 Å². The van der Waals surface area contributed by atoms with Gasteiger partial charge in [-0.25, -0.2) is 0 Å². The zero-order chi connectivity index (χ0) is 11.3. The third-order valence-electron chi connectivity index (χ3n) is 1.68. The number of carbonyl (C=O) groups excluding carboxylic acids is 1. The number of Topliss-reactive ketones (excluding diaryl/α,β-unsaturated/α-hetero) is 1. The van der Waals surface area contributed by atoms with Crippen molar-refractivity contribution in [2.75, 3.05) is 7.11 Å². The lowest BCUT2D eigenvalue weighted by Crippen LogP contribution is -2.04. The van der Waals surface area contributed by atoms with Crippen LogP contribution in [0.4, 0.5) is 5.69 Å². The van der Waals surface area contributed by atoms with Crippen LogP contribution in [-0.2, 0) is 4.79 Å². The lowest BCUT2D eigenvalue weighted by molar-refractivity contribution is -0.116. The number of azo groups is 1. The van der Waals surface area contributed by atoms with E-state index in [4.69, 9.17) is 16.3 Å². The molecular weight excluding hydrogens is 216 g/mol. The Morgan fingerprint density at radius 1 is 1.40 bits per heavy atom. The number of benzene rings is 1. The van der Waals surface area contributed by atoms with Gasteiger partial charge in [0.05, 0.1) is 12.8 Å². The van der Waals surface area contributed by atoms with Crippen LogP contribution in [0, 0.1) is 0 Å². The van der Waals surface area contributed by atoms with E-state index in [0.29, 0.717) is 5.69 Å². The van der Waals surface area contributed by atoms with Gasteiger partial charge in [-0.15, -0.1) is 0 Å². The Balaban J connectivity index is 2.68. The van der Waals surface area contributed by atoms with Crippen LogP contribution in [-0.4, -0.2) is 18.4 Å². The lowest BCUT2D eigenvalue weighted by Gasteiger charge is -1.99. The average molecular weight is 227 g/mol. The molecule has 0 aromatic heterocycles. The van der Waals surface area contributed by atoms with Crippen LogP contribution in [0.2, 0.25) is 0 Å². The van der Waals surface area contributed by atoms with Crippen molar-refractivity contribution >= 4 is 23.1 Å². The van der Waals surface area contributed by atoms with Crippen LogP contribution in [0.1, 0.15) is 6.92 Å². The first-order chi connectivity index (χ1) is 7.13. The Bertz CT molecular complexity index is 362. The van der Waals surface area contributed by atoms with Crippen molar-refractivity contribution in [1.82, 2.24) is 0 Å². The highest BCUT2D eigenvalue weighted by Gasteiger charge is 2.06. The van der Waals surface area contributed by atoms with E-state index in [1.54, 1.807) is 31.4 Å². The highest BCUT2D eigenvalue weighted by molar-refractivity contribution is 6.30. The van der Waals surface area contributed by atoms with Crippen molar-refractivity contribution in [1.29, 1.82) is 0 Å². The molecule has 1 aromatic rings. The number of alkyl halides is 1. The summed E-state index contributed by atoms with van der Waals surface area (Å²) >= 11 is 5.59. The van der Waals surface area contributed by atoms with Gasteiger partial charge in [-0.3, -0.25) is 4.79 Å². The van der Waals surface area contributed by atoms with Gasteiger partial charge in [0.2, 0.25) is 5.50 Å². The summed E-state index contributed by atoms with van der Waals surface area (Å²) in [5.74, 6) is 0.511. The van der Waals surface area contributed by atoms with Gasteiger partial charge in [0.25, 0.3) is 0 Å². The molecule has 1 unspecified atom stereocenters. The molecule has 0 bridgehead atoms. The van der Waals surface area contributed by atoms with Gasteiger partial charge < -0.3 is 4.74 Å². The number of nitrogens with zero attached hydrogens (tertiary/aromatic N) is 2. The molecular formula is C10H11ClN2O2. The molecule has 4 nitrogen and oxygen atoms in total. The number of methoxy groups -OCH3 is 1. The van der Waals surface area contributed by atoms with Crippen molar-refractivity contribution in [3.63, 3.8) is 0 Å². The van der Waals surface area contributed by atoms with Gasteiger partial charge in [0, 0.05) is 0 Å². The van der Waals surface area contributed by atoms with E-state index in [1.807, 2.05) is 0 Å². The van der Waals surface area contributed by atoms with E-state index in [1.165, 1.54) is 6.92 Å². The maximum atomic E-state index is 10.8. The molecule has 0 aliphatic rings. The summed E-state index contributed by atoms with van der Waals surface area (Å²) in [6.45, 7) is 1.37. The van der Waals surface area contributed by atoms with Crippen LogP contribution in [0.15, 0.2) is 34.5 Å². The predicted molar refractivity (Wildman–Crippen MR) is 57.8 cm³/mol. The van der Waals surface area contributed by atoms with Crippen molar-refractivity contribution in [2.24, 2.45) is 10.2 Å². The number of rotatable bonds is 4. The molecule has 0 fully saturated rings. The summed E-state index contributed by atoms with van der Waals surface area (Å²) in [4.78, 5) is 10.8. The normalized spacial score (nSPS) is 12.7. The molecule has 1 atom stereocenters. The molecule has 0 N–H and O–H groups in total. The van der Waals surface area contributed by atoms with Gasteiger partial charge in [0.1, 0.15) is 5.75 Å². The topological polar surface area (TPSA) is 51.0 Å². The summed E-state index contributed by atoms with van der Waals surface area (Å²) in [5, 5.41) is 7.47. The van der Waals surface area contributed by atoms with Gasteiger partial charge in [-0.1, -0.05) is 11.6 Å². The smallest absolute Gasteiger partial charge is 0.202 e. The monoisotopic (exact) mass is 226 g/mol. The summed E-state index contributed by atoms with van der Waals surface area (Å²) < 4.78 is 4.98. The largest absolute Gasteiger partial charge is 0.497 e. The van der Waals surface area contributed by atoms with E-state index < -0.39 is 5.50 Å². The number of hydrogen-bond donors (Lipinski definition) is 0. The zero-order valence-electron chi connectivity index (χ0n) is 8.48. The van der Waals surface area contributed by atoms with Crippen LogP contribution in [0.3, 0.4) is 0 Å². The minimum atomic E-state index is -0.910. The number of ketones is 1. The number of hydrogen-bond acceptors (Lipinski definition) is 4. The fraction of sp³-hybridized carbons (Fsp3) is 0.300. The number of ether oxygens (including phenoxy) is 1. The van der Waals surface area contributed by atoms with E-state index >= 15 is 0 Å². The molecule has 1 rings (SSSR count). The summed E-state index contributed by atoms with van der Waals surface area (Å²) in [5.41, 5.74) is -0.283. The van der Waals surface area contributed by atoms with E-state index in [-0.39, 0.29) is 5.78 Å².